The van der Waals surface area contributed by atoms with Crippen LogP contribution in [0.5, 0.6) is 0 Å². The normalized spacial score (nSPS) is 12.7. The van der Waals surface area contributed by atoms with Crippen LogP contribution in [-0.2, 0) is 10.0 Å². The fraction of sp³-hybridized carbons (Fsp3) is 0.538. The second-order valence-corrected chi connectivity index (χ2v) is 8.20. The van der Waals surface area contributed by atoms with Gasteiger partial charge in [-0.05, 0) is 24.0 Å². The molecule has 21 heavy (non-hydrogen) atoms. The maximum Gasteiger partial charge on any atom is 0.306 e. The highest BCUT2D eigenvalue weighted by Crippen LogP contribution is 2.27. The zero-order valence-corrected chi connectivity index (χ0v) is 13.5. The Bertz CT molecular complexity index is 665. The molecular formula is C13H19FN2O4S. The third-order valence-corrected chi connectivity index (χ3v) is 4.59. The average molecular weight is 318 g/mol. The number of hydrogen-bond donors (Lipinski definition) is 0. The molecule has 0 unspecified atom stereocenters. The number of nitrogens with zero attached hydrogens (tertiary/aromatic N) is 2. The van der Waals surface area contributed by atoms with Gasteiger partial charge in [-0.15, -0.1) is 0 Å². The van der Waals surface area contributed by atoms with E-state index < -0.39 is 26.5 Å². The topological polar surface area (TPSA) is 80.5 Å². The highest BCUT2D eigenvalue weighted by atomic mass is 32.2. The van der Waals surface area contributed by atoms with Crippen molar-refractivity contribution in [3.63, 3.8) is 0 Å². The minimum atomic E-state index is -3.91. The van der Waals surface area contributed by atoms with Crippen LogP contribution in [0.15, 0.2) is 17.0 Å². The summed E-state index contributed by atoms with van der Waals surface area (Å²) in [6.07, 6.45) is 0. The Labute approximate surface area is 123 Å². The summed E-state index contributed by atoms with van der Waals surface area (Å²) in [6.45, 7) is 7.15. The van der Waals surface area contributed by atoms with Gasteiger partial charge in [-0.25, -0.2) is 12.7 Å². The molecule has 1 aromatic carbocycles. The standard InChI is InChI=1S/C13H19FN2O4S/c1-9-6-10(7-11(12(9)14)16(17)18)21(19,20)15(5)8-13(2,3)4/h6-7H,8H2,1-5H3. The van der Waals surface area contributed by atoms with Crippen molar-refractivity contribution in [2.45, 2.75) is 32.6 Å². The van der Waals surface area contributed by atoms with Crippen molar-refractivity contribution in [1.82, 2.24) is 4.31 Å². The van der Waals surface area contributed by atoms with Crippen molar-refractivity contribution in [3.8, 4) is 0 Å². The van der Waals surface area contributed by atoms with Crippen LogP contribution in [0.2, 0.25) is 0 Å². The molecule has 6 nitrogen and oxygen atoms in total. The van der Waals surface area contributed by atoms with Gasteiger partial charge in [0.1, 0.15) is 0 Å². The summed E-state index contributed by atoms with van der Waals surface area (Å²) in [4.78, 5) is 9.61. The molecule has 0 heterocycles. The number of nitro groups is 1. The van der Waals surface area contributed by atoms with Gasteiger partial charge < -0.3 is 0 Å². The van der Waals surface area contributed by atoms with Crippen molar-refractivity contribution in [2.24, 2.45) is 5.41 Å². The maximum absolute atomic E-state index is 13.6. The Hall–Kier alpha value is -1.54. The third kappa shape index (κ3) is 3.98. The summed E-state index contributed by atoms with van der Waals surface area (Å²) < 4.78 is 39.6. The molecule has 0 radical (unpaired) electrons. The van der Waals surface area contributed by atoms with Crippen molar-refractivity contribution in [2.75, 3.05) is 13.6 Å². The van der Waals surface area contributed by atoms with Gasteiger partial charge in [0.2, 0.25) is 15.8 Å². The van der Waals surface area contributed by atoms with Crippen LogP contribution in [0, 0.1) is 28.3 Å². The van der Waals surface area contributed by atoms with E-state index in [2.05, 4.69) is 0 Å². The molecule has 0 aliphatic rings. The monoisotopic (exact) mass is 318 g/mol. The van der Waals surface area contributed by atoms with Gasteiger partial charge >= 0.3 is 5.69 Å². The molecule has 1 rings (SSSR count). The molecule has 0 atom stereocenters. The zero-order chi connectivity index (χ0) is 16.6. The van der Waals surface area contributed by atoms with Crippen LogP contribution in [0.25, 0.3) is 0 Å². The summed E-state index contributed by atoms with van der Waals surface area (Å²) in [5.41, 5.74) is -1.19. The lowest BCUT2D eigenvalue weighted by Gasteiger charge is -2.26. The molecule has 0 N–H and O–H groups in total. The van der Waals surface area contributed by atoms with Gasteiger partial charge in [-0.2, -0.15) is 4.39 Å². The summed E-state index contributed by atoms with van der Waals surface area (Å²) in [5.74, 6) is -1.02. The second kappa shape index (κ2) is 5.69. The number of hydrogen-bond acceptors (Lipinski definition) is 4. The second-order valence-electron chi connectivity index (χ2n) is 6.15. The molecule has 0 amide bonds. The van der Waals surface area contributed by atoms with Crippen LogP contribution < -0.4 is 0 Å². The van der Waals surface area contributed by atoms with Crippen LogP contribution in [0.4, 0.5) is 10.1 Å². The minimum absolute atomic E-state index is 0.0769. The molecule has 0 bridgehead atoms. The Morgan fingerprint density at radius 2 is 1.86 bits per heavy atom. The molecule has 0 saturated heterocycles. The predicted molar refractivity (Wildman–Crippen MR) is 77.1 cm³/mol. The van der Waals surface area contributed by atoms with E-state index in [-0.39, 0.29) is 22.4 Å². The largest absolute Gasteiger partial charge is 0.306 e. The first kappa shape index (κ1) is 17.5. The number of rotatable bonds is 4. The summed E-state index contributed by atoms with van der Waals surface area (Å²) in [5, 5.41) is 10.8. The molecule has 1 aromatic rings. The molecule has 0 aliphatic heterocycles. The van der Waals surface area contributed by atoms with Crippen LogP contribution in [0.1, 0.15) is 26.3 Å². The van der Waals surface area contributed by atoms with E-state index >= 15 is 0 Å². The van der Waals surface area contributed by atoms with Crippen LogP contribution in [0.3, 0.4) is 0 Å². The van der Waals surface area contributed by atoms with E-state index in [1.54, 1.807) is 0 Å². The maximum atomic E-state index is 13.6. The van der Waals surface area contributed by atoms with E-state index in [1.807, 2.05) is 20.8 Å². The number of sulfonamides is 1. The lowest BCUT2D eigenvalue weighted by molar-refractivity contribution is -0.387. The lowest BCUT2D eigenvalue weighted by Crippen LogP contribution is -2.34. The third-order valence-electron chi connectivity index (χ3n) is 2.81. The summed E-state index contributed by atoms with van der Waals surface area (Å²) >= 11 is 0. The Morgan fingerprint density at radius 1 is 1.33 bits per heavy atom. The number of aryl methyl sites for hydroxylation is 1. The van der Waals surface area contributed by atoms with E-state index in [0.717, 1.165) is 16.4 Å². The fourth-order valence-corrected chi connectivity index (χ4v) is 3.44. The molecule has 118 valence electrons. The summed E-state index contributed by atoms with van der Waals surface area (Å²) in [7, 11) is -2.51. The van der Waals surface area contributed by atoms with E-state index in [1.165, 1.54) is 14.0 Å². The molecule has 0 fully saturated rings. The van der Waals surface area contributed by atoms with Gasteiger partial charge in [0.25, 0.3) is 0 Å². The molecule has 0 aromatic heterocycles. The first-order valence-corrected chi connectivity index (χ1v) is 7.71. The highest BCUT2D eigenvalue weighted by Gasteiger charge is 2.29. The van der Waals surface area contributed by atoms with Crippen LogP contribution in [-0.4, -0.2) is 31.2 Å². The Morgan fingerprint density at radius 3 is 2.29 bits per heavy atom. The number of halogens is 1. The van der Waals surface area contributed by atoms with Crippen molar-refractivity contribution < 1.29 is 17.7 Å². The minimum Gasteiger partial charge on any atom is -0.258 e. The predicted octanol–water partition coefficient (Wildman–Crippen LogP) is 2.71. The van der Waals surface area contributed by atoms with Gasteiger partial charge in [-0.3, -0.25) is 10.1 Å². The SMILES string of the molecule is Cc1cc(S(=O)(=O)N(C)CC(C)(C)C)cc([N+](=O)[O-])c1F. The van der Waals surface area contributed by atoms with Crippen molar-refractivity contribution >= 4 is 15.7 Å². The Kier molecular flexibility index (Phi) is 4.74. The zero-order valence-electron chi connectivity index (χ0n) is 12.7. The van der Waals surface area contributed by atoms with Crippen molar-refractivity contribution in [3.05, 3.63) is 33.6 Å². The highest BCUT2D eigenvalue weighted by molar-refractivity contribution is 7.89. The van der Waals surface area contributed by atoms with Crippen LogP contribution >= 0.6 is 0 Å². The average Bonchev–Trinajstić information content (AvgIpc) is 2.29. The van der Waals surface area contributed by atoms with Gasteiger partial charge in [0.15, 0.2) is 0 Å². The van der Waals surface area contributed by atoms with E-state index in [0.29, 0.717) is 0 Å². The molecular weight excluding hydrogens is 299 g/mol. The smallest absolute Gasteiger partial charge is 0.258 e. The lowest BCUT2D eigenvalue weighted by atomic mass is 9.97. The van der Waals surface area contributed by atoms with Gasteiger partial charge in [0.05, 0.1) is 9.82 Å². The van der Waals surface area contributed by atoms with Gasteiger partial charge in [0, 0.05) is 19.7 Å². The summed E-state index contributed by atoms with van der Waals surface area (Å²) in [6, 6.07) is 1.87. The molecule has 0 saturated carbocycles. The first-order chi connectivity index (χ1) is 9.36. The molecule has 8 heteroatoms. The van der Waals surface area contributed by atoms with E-state index in [9.17, 15) is 22.9 Å². The fourth-order valence-electron chi connectivity index (χ4n) is 1.93. The van der Waals surface area contributed by atoms with Gasteiger partial charge in [-0.1, -0.05) is 20.8 Å². The molecule has 0 spiro atoms. The number of benzene rings is 1. The van der Waals surface area contributed by atoms with E-state index in [4.69, 9.17) is 0 Å². The molecule has 0 aliphatic carbocycles. The number of nitro benzene ring substituents is 1. The first-order valence-electron chi connectivity index (χ1n) is 6.27. The Balaban J connectivity index is 3.36. The van der Waals surface area contributed by atoms with Crippen molar-refractivity contribution in [1.29, 1.82) is 0 Å². The quantitative estimate of drug-likeness (QED) is 0.631.